The van der Waals surface area contributed by atoms with Crippen molar-refractivity contribution in [2.24, 2.45) is 0 Å². The predicted molar refractivity (Wildman–Crippen MR) is 146 cm³/mol. The Hall–Kier alpha value is -3.78. The largest absolute Gasteiger partial charge is 0.493 e. The molecule has 1 aliphatic heterocycles. The van der Waals surface area contributed by atoms with Crippen molar-refractivity contribution in [2.75, 3.05) is 34.0 Å². The lowest BCUT2D eigenvalue weighted by molar-refractivity contribution is 0.0526. The summed E-state index contributed by atoms with van der Waals surface area (Å²) >= 11 is 5.84. The number of carbonyl (C=O) groups excluding carboxylic acids is 1. The number of hydrogen-bond donors (Lipinski definition) is 1. The maximum atomic E-state index is 12.0. The zero-order chi connectivity index (χ0) is 26.2. The molecule has 1 atom stereocenters. The Morgan fingerprint density at radius 2 is 1.73 bits per heavy atom. The van der Waals surface area contributed by atoms with Gasteiger partial charge in [-0.15, -0.1) is 0 Å². The van der Waals surface area contributed by atoms with Gasteiger partial charge in [0.2, 0.25) is 0 Å². The molecule has 4 rings (SSSR count). The fraction of sp³-hybridized carbons (Fsp3) is 0.310. The summed E-state index contributed by atoms with van der Waals surface area (Å²) in [7, 11) is 3.27. The summed E-state index contributed by atoms with van der Waals surface area (Å²) in [6, 6.07) is 21.0. The number of benzene rings is 3. The first-order valence-electron chi connectivity index (χ1n) is 12.3. The van der Waals surface area contributed by atoms with Crippen LogP contribution in [0.25, 0.3) is 0 Å². The summed E-state index contributed by atoms with van der Waals surface area (Å²) in [4.78, 5) is 14.1. The van der Waals surface area contributed by atoms with Crippen LogP contribution in [0.15, 0.2) is 66.7 Å². The lowest BCUT2D eigenvalue weighted by atomic mass is 9.92. The molecule has 0 aliphatic carbocycles. The van der Waals surface area contributed by atoms with Crippen LogP contribution in [0.4, 0.5) is 0 Å². The van der Waals surface area contributed by atoms with Crippen molar-refractivity contribution < 1.29 is 23.7 Å². The molecule has 37 heavy (non-hydrogen) atoms. The molecule has 3 aromatic carbocycles. The molecule has 0 unspecified atom stereocenters. The van der Waals surface area contributed by atoms with Gasteiger partial charge < -0.3 is 29.2 Å². The van der Waals surface area contributed by atoms with Gasteiger partial charge in [0.15, 0.2) is 16.6 Å². The monoisotopic (exact) mass is 520 g/mol. The molecule has 0 radical (unpaired) electrons. The summed E-state index contributed by atoms with van der Waals surface area (Å²) < 4.78 is 22.4. The average Bonchev–Trinajstić information content (AvgIpc) is 2.94. The van der Waals surface area contributed by atoms with Crippen LogP contribution in [0.5, 0.6) is 17.2 Å². The van der Waals surface area contributed by atoms with Gasteiger partial charge in [0.1, 0.15) is 12.4 Å². The van der Waals surface area contributed by atoms with Crippen LogP contribution in [0, 0.1) is 0 Å². The van der Waals surface area contributed by atoms with Crippen LogP contribution in [-0.4, -0.2) is 50.0 Å². The Kier molecular flexibility index (Phi) is 8.85. The number of methoxy groups -OCH3 is 2. The molecule has 0 spiro atoms. The number of esters is 1. The van der Waals surface area contributed by atoms with Gasteiger partial charge >= 0.3 is 5.97 Å². The van der Waals surface area contributed by atoms with Gasteiger partial charge in [-0.05, 0) is 78.7 Å². The Morgan fingerprint density at radius 1 is 1.03 bits per heavy atom. The smallest absolute Gasteiger partial charge is 0.338 e. The Balaban J connectivity index is 1.56. The molecular weight excluding hydrogens is 488 g/mol. The van der Waals surface area contributed by atoms with Crippen molar-refractivity contribution in [3.8, 4) is 17.2 Å². The van der Waals surface area contributed by atoms with E-state index in [1.807, 2.05) is 30.3 Å². The summed E-state index contributed by atoms with van der Waals surface area (Å²) in [6.45, 7) is 3.85. The highest BCUT2D eigenvalue weighted by molar-refractivity contribution is 7.80. The second kappa shape index (κ2) is 12.5. The van der Waals surface area contributed by atoms with E-state index in [0.29, 0.717) is 47.7 Å². The van der Waals surface area contributed by atoms with Crippen LogP contribution in [0.1, 0.15) is 40.0 Å². The van der Waals surface area contributed by atoms with Crippen molar-refractivity contribution in [3.63, 3.8) is 0 Å². The van der Waals surface area contributed by atoms with Gasteiger partial charge in [0.25, 0.3) is 0 Å². The van der Waals surface area contributed by atoms with Gasteiger partial charge in [0, 0.05) is 13.1 Å². The standard InChI is InChI=1S/C29H32N2O5S/c1-4-35-28(32)21-10-12-23(13-11-21)36-19-25-24-17-27(34-3)26(33-2)16-22(24)14-15-31(25)29(37)30-18-20-8-6-5-7-9-20/h5-13,16-17,25H,4,14-15,18-19H2,1-3H3,(H,30,37)/t25-/m0/s1. The number of fused-ring (bicyclic) bond motifs is 1. The topological polar surface area (TPSA) is 69.3 Å². The van der Waals surface area contributed by atoms with Crippen LogP contribution in [0.3, 0.4) is 0 Å². The van der Waals surface area contributed by atoms with E-state index in [0.717, 1.165) is 24.1 Å². The number of thiocarbonyl (C=S) groups is 1. The molecule has 0 amide bonds. The molecule has 0 saturated heterocycles. The number of ether oxygens (including phenoxy) is 4. The highest BCUT2D eigenvalue weighted by atomic mass is 32.1. The Morgan fingerprint density at radius 3 is 2.41 bits per heavy atom. The molecule has 8 heteroatoms. The van der Waals surface area contributed by atoms with Gasteiger partial charge in [-0.3, -0.25) is 0 Å². The number of nitrogens with one attached hydrogen (secondary N) is 1. The average molecular weight is 521 g/mol. The minimum Gasteiger partial charge on any atom is -0.493 e. The molecule has 1 aliphatic rings. The van der Waals surface area contributed by atoms with E-state index in [1.165, 1.54) is 5.56 Å². The lowest BCUT2D eigenvalue weighted by Crippen LogP contribution is -2.47. The van der Waals surface area contributed by atoms with Crippen molar-refractivity contribution in [1.29, 1.82) is 0 Å². The maximum absolute atomic E-state index is 12.0. The van der Waals surface area contributed by atoms with E-state index in [9.17, 15) is 4.79 Å². The molecule has 0 saturated carbocycles. The predicted octanol–water partition coefficient (Wildman–Crippen LogP) is 4.93. The van der Waals surface area contributed by atoms with Crippen LogP contribution >= 0.6 is 12.2 Å². The second-order valence-electron chi connectivity index (χ2n) is 8.57. The van der Waals surface area contributed by atoms with Crippen molar-refractivity contribution >= 4 is 23.3 Å². The highest BCUT2D eigenvalue weighted by Crippen LogP contribution is 2.38. The van der Waals surface area contributed by atoms with Gasteiger partial charge in [-0.2, -0.15) is 0 Å². The fourth-order valence-corrected chi connectivity index (χ4v) is 4.69. The van der Waals surface area contributed by atoms with E-state index in [-0.39, 0.29) is 12.0 Å². The number of carbonyl (C=O) groups is 1. The Labute approximate surface area is 223 Å². The summed E-state index contributed by atoms with van der Waals surface area (Å²) in [6.07, 6.45) is 0.813. The van der Waals surface area contributed by atoms with Gasteiger partial charge in [-0.1, -0.05) is 30.3 Å². The SMILES string of the molecule is CCOC(=O)c1ccc(OC[C@H]2c3cc(OC)c(OC)cc3CCN2C(=S)NCc2ccccc2)cc1. The lowest BCUT2D eigenvalue weighted by Gasteiger charge is -2.39. The van der Waals surface area contributed by atoms with Crippen LogP contribution in [-0.2, 0) is 17.7 Å². The normalized spacial score (nSPS) is 14.4. The molecule has 3 aromatic rings. The maximum Gasteiger partial charge on any atom is 0.338 e. The minimum absolute atomic E-state index is 0.149. The number of rotatable bonds is 9. The van der Waals surface area contributed by atoms with E-state index >= 15 is 0 Å². The molecule has 1 heterocycles. The summed E-state index contributed by atoms with van der Waals surface area (Å²) in [5.41, 5.74) is 3.90. The summed E-state index contributed by atoms with van der Waals surface area (Å²) in [5, 5.41) is 4.07. The van der Waals surface area contributed by atoms with E-state index in [2.05, 4.69) is 22.3 Å². The van der Waals surface area contributed by atoms with E-state index in [1.54, 1.807) is 45.4 Å². The third-order valence-electron chi connectivity index (χ3n) is 6.32. The first-order chi connectivity index (χ1) is 18.0. The number of hydrogen-bond acceptors (Lipinski definition) is 6. The summed E-state index contributed by atoms with van der Waals surface area (Å²) in [5.74, 6) is 1.67. The van der Waals surface area contributed by atoms with E-state index in [4.69, 9.17) is 31.2 Å². The first kappa shape index (κ1) is 26.3. The zero-order valence-electron chi connectivity index (χ0n) is 21.4. The van der Waals surface area contributed by atoms with E-state index < -0.39 is 0 Å². The third-order valence-corrected chi connectivity index (χ3v) is 6.70. The van der Waals surface area contributed by atoms with Crippen molar-refractivity contribution in [2.45, 2.75) is 25.9 Å². The number of nitrogens with zero attached hydrogens (tertiary/aromatic N) is 1. The van der Waals surface area contributed by atoms with Crippen molar-refractivity contribution in [1.82, 2.24) is 10.2 Å². The Bertz CT molecular complexity index is 1220. The van der Waals surface area contributed by atoms with Crippen LogP contribution in [0.2, 0.25) is 0 Å². The molecular formula is C29H32N2O5S. The highest BCUT2D eigenvalue weighted by Gasteiger charge is 2.31. The second-order valence-corrected chi connectivity index (χ2v) is 8.95. The van der Waals surface area contributed by atoms with Gasteiger partial charge in [-0.25, -0.2) is 4.79 Å². The molecule has 1 N–H and O–H groups in total. The van der Waals surface area contributed by atoms with Crippen molar-refractivity contribution in [3.05, 3.63) is 89.0 Å². The fourth-order valence-electron chi connectivity index (χ4n) is 4.40. The molecule has 0 fully saturated rings. The quantitative estimate of drug-likeness (QED) is 0.315. The van der Waals surface area contributed by atoms with Crippen LogP contribution < -0.4 is 19.5 Å². The first-order valence-corrected chi connectivity index (χ1v) is 12.7. The molecule has 194 valence electrons. The minimum atomic E-state index is -0.350. The molecule has 0 aromatic heterocycles. The molecule has 0 bridgehead atoms. The molecule has 7 nitrogen and oxygen atoms in total. The third kappa shape index (κ3) is 6.32. The zero-order valence-corrected chi connectivity index (χ0v) is 22.2. The van der Waals surface area contributed by atoms with Gasteiger partial charge in [0.05, 0.1) is 32.4 Å².